The van der Waals surface area contributed by atoms with Gasteiger partial charge in [0.1, 0.15) is 5.82 Å². The highest BCUT2D eigenvalue weighted by atomic mass is 19.1. The minimum absolute atomic E-state index is 0.371. The minimum atomic E-state index is -0.733. The van der Waals surface area contributed by atoms with Gasteiger partial charge in [0.15, 0.2) is 0 Å². The lowest BCUT2D eigenvalue weighted by atomic mass is 10.0. The van der Waals surface area contributed by atoms with Crippen LogP contribution in [0.1, 0.15) is 21.5 Å². The number of anilines is 1. The van der Waals surface area contributed by atoms with E-state index < -0.39 is 17.5 Å². The molecule has 2 aromatic rings. The van der Waals surface area contributed by atoms with E-state index in [1.807, 2.05) is 13.0 Å². The van der Waals surface area contributed by atoms with E-state index in [2.05, 4.69) is 5.32 Å². The number of amides is 1. The second kappa shape index (κ2) is 5.65. The first-order chi connectivity index (χ1) is 9.47. The van der Waals surface area contributed by atoms with E-state index in [1.165, 1.54) is 24.3 Å². The third-order valence-electron chi connectivity index (χ3n) is 2.93. The number of hydrogen-bond acceptors (Lipinski definition) is 2. The average molecular weight is 271 g/mol. The molecule has 0 radical (unpaired) electrons. The van der Waals surface area contributed by atoms with Crippen molar-refractivity contribution in [2.24, 2.45) is 0 Å². The van der Waals surface area contributed by atoms with Crippen LogP contribution in [0.15, 0.2) is 42.5 Å². The third-order valence-corrected chi connectivity index (χ3v) is 2.93. The number of carbonyl (C=O) groups excluding carboxylic acids is 2. The molecular formula is C16H14FNO2. The number of Topliss-reactive ketones (excluding diaryl/α,β-unsaturated/α-hetero) is 1. The van der Waals surface area contributed by atoms with Crippen molar-refractivity contribution in [1.29, 1.82) is 0 Å². The van der Waals surface area contributed by atoms with Gasteiger partial charge in [-0.1, -0.05) is 23.8 Å². The van der Waals surface area contributed by atoms with Crippen LogP contribution in [0.25, 0.3) is 0 Å². The first kappa shape index (κ1) is 13.9. The maximum atomic E-state index is 12.8. The van der Waals surface area contributed by atoms with Crippen molar-refractivity contribution in [2.45, 2.75) is 13.8 Å². The molecule has 0 aliphatic heterocycles. The quantitative estimate of drug-likeness (QED) is 0.688. The number of nitrogens with one attached hydrogen (secondary N) is 1. The first-order valence-electron chi connectivity index (χ1n) is 6.16. The second-order valence-corrected chi connectivity index (χ2v) is 4.61. The number of halogens is 1. The fourth-order valence-corrected chi connectivity index (χ4v) is 1.91. The summed E-state index contributed by atoms with van der Waals surface area (Å²) < 4.78 is 12.8. The Bertz CT molecular complexity index is 663. The zero-order valence-corrected chi connectivity index (χ0v) is 11.2. The van der Waals surface area contributed by atoms with Crippen LogP contribution >= 0.6 is 0 Å². The Labute approximate surface area is 116 Å². The van der Waals surface area contributed by atoms with Crippen LogP contribution in [0, 0.1) is 19.7 Å². The smallest absolute Gasteiger partial charge is 0.296 e. The molecule has 0 aliphatic rings. The Balaban J connectivity index is 2.16. The van der Waals surface area contributed by atoms with E-state index >= 15 is 0 Å². The molecule has 2 rings (SSSR count). The number of aryl methyl sites for hydroxylation is 2. The molecule has 0 aromatic heterocycles. The molecule has 0 heterocycles. The molecule has 1 N–H and O–H groups in total. The van der Waals surface area contributed by atoms with Crippen LogP contribution in [0.3, 0.4) is 0 Å². The number of hydrogen-bond donors (Lipinski definition) is 1. The molecule has 102 valence electrons. The lowest BCUT2D eigenvalue weighted by Crippen LogP contribution is -2.23. The summed E-state index contributed by atoms with van der Waals surface area (Å²) in [5.41, 5.74) is 2.53. The number of rotatable bonds is 3. The summed E-state index contributed by atoms with van der Waals surface area (Å²) in [6.07, 6.45) is 0. The van der Waals surface area contributed by atoms with Gasteiger partial charge in [0, 0.05) is 11.3 Å². The van der Waals surface area contributed by atoms with Crippen LogP contribution in [0.5, 0.6) is 0 Å². The first-order valence-corrected chi connectivity index (χ1v) is 6.16. The molecule has 0 aliphatic carbocycles. The molecule has 1 amide bonds. The zero-order valence-electron chi connectivity index (χ0n) is 11.2. The third kappa shape index (κ3) is 3.09. The summed E-state index contributed by atoms with van der Waals surface area (Å²) in [5.74, 6) is -1.74. The van der Waals surface area contributed by atoms with Gasteiger partial charge in [0.05, 0.1) is 0 Å². The van der Waals surface area contributed by atoms with Gasteiger partial charge in [-0.15, -0.1) is 0 Å². The molecule has 0 fully saturated rings. The van der Waals surface area contributed by atoms with Gasteiger partial charge in [0.25, 0.3) is 11.7 Å². The molecule has 0 unspecified atom stereocenters. The fourth-order valence-electron chi connectivity index (χ4n) is 1.91. The summed E-state index contributed by atoms with van der Waals surface area (Å²) in [4.78, 5) is 23.9. The van der Waals surface area contributed by atoms with Crippen LogP contribution in [0.2, 0.25) is 0 Å². The van der Waals surface area contributed by atoms with Gasteiger partial charge in [-0.25, -0.2) is 4.39 Å². The summed E-state index contributed by atoms with van der Waals surface area (Å²) in [6.45, 7) is 3.70. The number of benzene rings is 2. The van der Waals surface area contributed by atoms with Crippen molar-refractivity contribution in [2.75, 3.05) is 5.32 Å². The van der Waals surface area contributed by atoms with Gasteiger partial charge in [-0.05, 0) is 43.7 Å². The maximum Gasteiger partial charge on any atom is 0.296 e. The highest BCUT2D eigenvalue weighted by Crippen LogP contribution is 2.13. The second-order valence-electron chi connectivity index (χ2n) is 4.61. The molecule has 0 bridgehead atoms. The van der Waals surface area contributed by atoms with Crippen molar-refractivity contribution in [3.05, 3.63) is 65.0 Å². The number of ketones is 1. The predicted octanol–water partition coefficient (Wildman–Crippen LogP) is 3.26. The van der Waals surface area contributed by atoms with E-state index in [1.54, 1.807) is 19.1 Å². The highest BCUT2D eigenvalue weighted by molar-refractivity contribution is 6.46. The summed E-state index contributed by atoms with van der Waals surface area (Å²) >= 11 is 0. The predicted molar refractivity (Wildman–Crippen MR) is 75.3 cm³/mol. The molecule has 2 aromatic carbocycles. The van der Waals surface area contributed by atoms with Gasteiger partial charge < -0.3 is 5.32 Å². The van der Waals surface area contributed by atoms with Gasteiger partial charge >= 0.3 is 0 Å². The van der Waals surface area contributed by atoms with E-state index in [-0.39, 0.29) is 0 Å². The summed E-state index contributed by atoms with van der Waals surface area (Å²) in [6, 6.07) is 10.5. The van der Waals surface area contributed by atoms with Crippen molar-refractivity contribution in [1.82, 2.24) is 0 Å². The van der Waals surface area contributed by atoms with Crippen LogP contribution in [-0.2, 0) is 4.79 Å². The Morgan fingerprint density at radius 1 is 1.00 bits per heavy atom. The van der Waals surface area contributed by atoms with E-state index in [0.29, 0.717) is 11.3 Å². The lowest BCUT2D eigenvalue weighted by Gasteiger charge is -2.07. The van der Waals surface area contributed by atoms with Crippen molar-refractivity contribution >= 4 is 17.4 Å². The molecule has 3 nitrogen and oxygen atoms in total. The normalized spacial score (nSPS) is 10.2. The summed E-state index contributed by atoms with van der Waals surface area (Å²) in [7, 11) is 0. The summed E-state index contributed by atoms with van der Waals surface area (Å²) in [5, 5.41) is 2.45. The van der Waals surface area contributed by atoms with Crippen molar-refractivity contribution in [3.63, 3.8) is 0 Å². The van der Waals surface area contributed by atoms with E-state index in [4.69, 9.17) is 0 Å². The molecule has 0 saturated carbocycles. The molecule has 0 saturated heterocycles. The van der Waals surface area contributed by atoms with E-state index in [9.17, 15) is 14.0 Å². The molecule has 20 heavy (non-hydrogen) atoms. The van der Waals surface area contributed by atoms with Gasteiger partial charge in [0.2, 0.25) is 0 Å². The Morgan fingerprint density at radius 3 is 2.25 bits per heavy atom. The van der Waals surface area contributed by atoms with Crippen LogP contribution in [-0.4, -0.2) is 11.7 Å². The molecule has 0 atom stereocenters. The lowest BCUT2D eigenvalue weighted by molar-refractivity contribution is -0.112. The largest absolute Gasteiger partial charge is 0.319 e. The minimum Gasteiger partial charge on any atom is -0.319 e. The zero-order chi connectivity index (χ0) is 14.7. The molecule has 4 heteroatoms. The standard InChI is InChI=1S/C16H14FNO2/c1-10-3-8-14(11(2)9-10)15(19)16(20)18-13-6-4-12(17)5-7-13/h3-9H,1-2H3,(H,18,20). The SMILES string of the molecule is Cc1ccc(C(=O)C(=O)Nc2ccc(F)cc2)c(C)c1. The average Bonchev–Trinajstić information content (AvgIpc) is 2.40. The molecule has 0 spiro atoms. The van der Waals surface area contributed by atoms with Gasteiger partial charge in [-0.3, -0.25) is 9.59 Å². The van der Waals surface area contributed by atoms with E-state index in [0.717, 1.165) is 11.1 Å². The Kier molecular flexibility index (Phi) is 3.94. The van der Waals surface area contributed by atoms with Gasteiger partial charge in [-0.2, -0.15) is 0 Å². The topological polar surface area (TPSA) is 46.2 Å². The Morgan fingerprint density at radius 2 is 1.65 bits per heavy atom. The van der Waals surface area contributed by atoms with Crippen LogP contribution < -0.4 is 5.32 Å². The monoisotopic (exact) mass is 271 g/mol. The maximum absolute atomic E-state index is 12.8. The van der Waals surface area contributed by atoms with Crippen LogP contribution in [0.4, 0.5) is 10.1 Å². The fraction of sp³-hybridized carbons (Fsp3) is 0.125. The molecular weight excluding hydrogens is 257 g/mol. The van der Waals surface area contributed by atoms with Crippen molar-refractivity contribution in [3.8, 4) is 0 Å². The van der Waals surface area contributed by atoms with Crippen molar-refractivity contribution < 1.29 is 14.0 Å². The highest BCUT2D eigenvalue weighted by Gasteiger charge is 2.18. The Hall–Kier alpha value is -2.49. The number of carbonyl (C=O) groups is 2.